The Morgan fingerprint density at radius 1 is 1.26 bits per heavy atom. The van der Waals surface area contributed by atoms with Gasteiger partial charge < -0.3 is 19.5 Å². The van der Waals surface area contributed by atoms with Gasteiger partial charge in [0.15, 0.2) is 11.5 Å². The number of methoxy groups -OCH3 is 2. The molecule has 1 N–H and O–H groups in total. The summed E-state index contributed by atoms with van der Waals surface area (Å²) in [7, 11) is -0.386. The van der Waals surface area contributed by atoms with Gasteiger partial charge in [-0.2, -0.15) is 0 Å². The highest BCUT2D eigenvalue weighted by Crippen LogP contribution is 2.30. The maximum Gasteiger partial charge on any atom is 0.246 e. The van der Waals surface area contributed by atoms with E-state index in [0.29, 0.717) is 23.7 Å². The predicted octanol–water partition coefficient (Wildman–Crippen LogP) is 0.942. The van der Waals surface area contributed by atoms with E-state index < -0.39 is 21.8 Å². The van der Waals surface area contributed by atoms with Gasteiger partial charge in [-0.15, -0.1) is 0 Å². The van der Waals surface area contributed by atoms with Gasteiger partial charge in [0.2, 0.25) is 5.91 Å². The van der Waals surface area contributed by atoms with E-state index in [1.807, 2.05) is 6.92 Å². The number of carbonyl (C=O) groups excluding carboxylic acids is 1. The van der Waals surface area contributed by atoms with Crippen LogP contribution in [0.2, 0.25) is 0 Å². The second-order valence-electron chi connectivity index (χ2n) is 4.99. The zero-order valence-electron chi connectivity index (χ0n) is 13.8. The molecule has 0 spiro atoms. The summed E-state index contributed by atoms with van der Waals surface area (Å²) in [5.41, 5.74) is 0.615. The van der Waals surface area contributed by atoms with Crippen LogP contribution >= 0.6 is 0 Å². The average Bonchev–Trinajstić information content (AvgIpc) is 2.45. The molecule has 0 aliphatic heterocycles. The van der Waals surface area contributed by atoms with E-state index in [9.17, 15) is 13.2 Å². The molecule has 0 aliphatic carbocycles. The maximum absolute atomic E-state index is 11.8. The quantitative estimate of drug-likeness (QED) is 0.716. The van der Waals surface area contributed by atoms with Crippen molar-refractivity contribution in [3.05, 3.63) is 23.8 Å². The van der Waals surface area contributed by atoms with Crippen LogP contribution in [0.5, 0.6) is 11.5 Å². The summed E-state index contributed by atoms with van der Waals surface area (Å²) in [6.07, 6.45) is 1.12. The Balaban J connectivity index is 3.14. The topological polar surface area (TPSA) is 90.9 Å². The first-order chi connectivity index (χ1) is 10.8. The van der Waals surface area contributed by atoms with Crippen LogP contribution in [0.1, 0.15) is 18.5 Å². The number of carbonyl (C=O) groups is 1. The minimum Gasteiger partial charge on any atom is -0.493 e. The lowest BCUT2D eigenvalue weighted by Crippen LogP contribution is -2.35. The molecule has 1 aromatic rings. The Morgan fingerprint density at radius 2 is 1.96 bits per heavy atom. The SMILES string of the molecule is CCOc1cc([C@@H](CS(C)(=O)=O)NC(=O)COC)ccc1OC. The van der Waals surface area contributed by atoms with Crippen LogP contribution < -0.4 is 14.8 Å². The summed E-state index contributed by atoms with van der Waals surface area (Å²) in [5.74, 6) is 0.416. The fourth-order valence-electron chi connectivity index (χ4n) is 2.07. The number of benzene rings is 1. The lowest BCUT2D eigenvalue weighted by molar-refractivity contribution is -0.125. The van der Waals surface area contributed by atoms with Gasteiger partial charge in [-0.25, -0.2) is 8.42 Å². The van der Waals surface area contributed by atoms with Crippen LogP contribution in [-0.2, 0) is 19.4 Å². The molecule has 0 unspecified atom stereocenters. The summed E-state index contributed by atoms with van der Waals surface area (Å²) >= 11 is 0. The van der Waals surface area contributed by atoms with Crippen molar-refractivity contribution in [2.75, 3.05) is 39.4 Å². The molecule has 0 bridgehead atoms. The van der Waals surface area contributed by atoms with Crippen molar-refractivity contribution < 1.29 is 27.4 Å². The fraction of sp³-hybridized carbons (Fsp3) is 0.533. The lowest BCUT2D eigenvalue weighted by atomic mass is 10.1. The molecule has 0 aliphatic rings. The van der Waals surface area contributed by atoms with Crippen molar-refractivity contribution in [1.82, 2.24) is 5.32 Å². The molecule has 1 atom stereocenters. The van der Waals surface area contributed by atoms with Crippen LogP contribution in [0, 0.1) is 0 Å². The Labute approximate surface area is 136 Å². The van der Waals surface area contributed by atoms with Crippen molar-refractivity contribution in [3.63, 3.8) is 0 Å². The molecule has 0 saturated carbocycles. The number of ether oxygens (including phenoxy) is 3. The van der Waals surface area contributed by atoms with Crippen molar-refractivity contribution in [3.8, 4) is 11.5 Å². The molecule has 1 rings (SSSR count). The predicted molar refractivity (Wildman–Crippen MR) is 86.6 cm³/mol. The van der Waals surface area contributed by atoms with Gasteiger partial charge in [0.1, 0.15) is 16.4 Å². The highest BCUT2D eigenvalue weighted by atomic mass is 32.2. The first-order valence-corrected chi connectivity index (χ1v) is 9.13. The first kappa shape index (κ1) is 19.2. The van der Waals surface area contributed by atoms with E-state index in [4.69, 9.17) is 14.2 Å². The fourth-order valence-corrected chi connectivity index (χ4v) is 2.95. The van der Waals surface area contributed by atoms with Crippen LogP contribution in [0.3, 0.4) is 0 Å². The van der Waals surface area contributed by atoms with Crippen LogP contribution in [0.15, 0.2) is 18.2 Å². The smallest absolute Gasteiger partial charge is 0.246 e. The molecule has 7 nitrogen and oxygen atoms in total. The minimum atomic E-state index is -3.30. The second-order valence-corrected chi connectivity index (χ2v) is 7.17. The molecule has 0 fully saturated rings. The van der Waals surface area contributed by atoms with Gasteiger partial charge in [-0.3, -0.25) is 4.79 Å². The van der Waals surface area contributed by atoms with Crippen molar-refractivity contribution >= 4 is 15.7 Å². The van der Waals surface area contributed by atoms with E-state index in [1.54, 1.807) is 18.2 Å². The third-order valence-corrected chi connectivity index (χ3v) is 3.91. The second kappa shape index (κ2) is 8.73. The third kappa shape index (κ3) is 6.45. The van der Waals surface area contributed by atoms with Crippen molar-refractivity contribution in [2.45, 2.75) is 13.0 Å². The van der Waals surface area contributed by atoms with Crippen LogP contribution in [0.4, 0.5) is 0 Å². The zero-order valence-corrected chi connectivity index (χ0v) is 14.6. The Kier molecular flexibility index (Phi) is 7.31. The normalized spacial score (nSPS) is 12.5. The maximum atomic E-state index is 11.8. The molecule has 1 aromatic carbocycles. The van der Waals surface area contributed by atoms with E-state index in [2.05, 4.69) is 5.32 Å². The molecule has 0 radical (unpaired) electrons. The number of sulfone groups is 1. The summed E-state index contributed by atoms with van der Waals surface area (Å²) < 4.78 is 38.8. The van der Waals surface area contributed by atoms with Gasteiger partial charge in [0.25, 0.3) is 0 Å². The Bertz CT molecular complexity index is 629. The van der Waals surface area contributed by atoms with Gasteiger partial charge in [0.05, 0.1) is 25.5 Å². The van der Waals surface area contributed by atoms with Crippen molar-refractivity contribution in [1.29, 1.82) is 0 Å². The minimum absolute atomic E-state index is 0.144. The molecule has 130 valence electrons. The molecule has 0 saturated heterocycles. The lowest BCUT2D eigenvalue weighted by Gasteiger charge is -2.20. The van der Waals surface area contributed by atoms with Gasteiger partial charge in [-0.05, 0) is 24.6 Å². The largest absolute Gasteiger partial charge is 0.493 e. The standard InChI is InChI=1S/C15H23NO6S/c1-5-22-14-8-11(6-7-13(14)21-3)12(10-23(4,18)19)16-15(17)9-20-2/h6-8,12H,5,9-10H2,1-4H3,(H,16,17)/t12-/m1/s1. The summed E-state index contributed by atoms with van der Waals surface area (Å²) in [5, 5.41) is 2.66. The molecular formula is C15H23NO6S. The number of amides is 1. The monoisotopic (exact) mass is 345 g/mol. The Morgan fingerprint density at radius 3 is 2.48 bits per heavy atom. The van der Waals surface area contributed by atoms with Gasteiger partial charge in [-0.1, -0.05) is 6.07 Å². The van der Waals surface area contributed by atoms with Gasteiger partial charge in [0, 0.05) is 13.4 Å². The molecule has 23 heavy (non-hydrogen) atoms. The van der Waals surface area contributed by atoms with Crippen molar-refractivity contribution in [2.24, 2.45) is 0 Å². The Hall–Kier alpha value is -1.80. The zero-order chi connectivity index (χ0) is 17.5. The summed E-state index contributed by atoms with van der Waals surface area (Å²) in [4.78, 5) is 11.8. The number of hydrogen-bond donors (Lipinski definition) is 1. The molecule has 0 aromatic heterocycles. The van der Waals surface area contributed by atoms with E-state index in [0.717, 1.165) is 6.26 Å². The molecule has 1 amide bonds. The molecular weight excluding hydrogens is 322 g/mol. The number of nitrogens with one attached hydrogen (secondary N) is 1. The average molecular weight is 345 g/mol. The summed E-state index contributed by atoms with van der Waals surface area (Å²) in [6, 6.07) is 4.35. The number of rotatable bonds is 9. The van der Waals surface area contributed by atoms with Crippen LogP contribution in [0.25, 0.3) is 0 Å². The highest BCUT2D eigenvalue weighted by molar-refractivity contribution is 7.90. The molecule has 0 heterocycles. The first-order valence-electron chi connectivity index (χ1n) is 7.07. The van der Waals surface area contributed by atoms with E-state index >= 15 is 0 Å². The highest BCUT2D eigenvalue weighted by Gasteiger charge is 2.21. The third-order valence-electron chi connectivity index (χ3n) is 2.97. The van der Waals surface area contributed by atoms with Crippen LogP contribution in [-0.4, -0.2) is 53.8 Å². The van der Waals surface area contributed by atoms with Gasteiger partial charge >= 0.3 is 0 Å². The summed E-state index contributed by atoms with van der Waals surface area (Å²) in [6.45, 7) is 2.13. The van der Waals surface area contributed by atoms with E-state index in [-0.39, 0.29) is 12.4 Å². The van der Waals surface area contributed by atoms with E-state index in [1.165, 1.54) is 14.2 Å². The molecule has 8 heteroatoms. The number of hydrogen-bond acceptors (Lipinski definition) is 6.